The summed E-state index contributed by atoms with van der Waals surface area (Å²) in [6.07, 6.45) is 2.25. The van der Waals surface area contributed by atoms with E-state index in [4.69, 9.17) is 14.3 Å². The summed E-state index contributed by atoms with van der Waals surface area (Å²) in [5.41, 5.74) is 1.67. The van der Waals surface area contributed by atoms with Crippen LogP contribution in [0.15, 0.2) is 34.7 Å². The average Bonchev–Trinajstić information content (AvgIpc) is 3.07. The molecule has 2 atom stereocenters. The molecule has 1 saturated carbocycles. The number of halogens is 1. The van der Waals surface area contributed by atoms with Crippen LogP contribution in [0, 0.1) is 30.0 Å². The van der Waals surface area contributed by atoms with Crippen molar-refractivity contribution in [3.8, 4) is 0 Å². The lowest BCUT2D eigenvalue weighted by Crippen LogP contribution is -2.36. The van der Waals surface area contributed by atoms with E-state index in [1.165, 1.54) is 0 Å². The van der Waals surface area contributed by atoms with E-state index in [0.717, 1.165) is 44.0 Å². The second-order valence-corrected chi connectivity index (χ2v) is 8.10. The number of hydrogen-bond acceptors (Lipinski definition) is 5. The number of aliphatic hydroxyl groups excluding tert-OH is 1. The third-order valence-electron chi connectivity index (χ3n) is 6.30. The van der Waals surface area contributed by atoms with Crippen LogP contribution in [0.5, 0.6) is 0 Å². The minimum absolute atomic E-state index is 0.0524. The standard InChI is InChI=1S/C22H26FN2O3/c23-21-10-15(1-4-22(21)25-5-7-27-8-6-25)9-18-19-12-24(13-20(18)19)11-16-2-3-17(14-26)28-16/h1-4,9-10,18-20,26H,5-8,11-14H2. The van der Waals surface area contributed by atoms with Gasteiger partial charge in [0.25, 0.3) is 0 Å². The highest BCUT2D eigenvalue weighted by Gasteiger charge is 2.55. The number of rotatable bonds is 6. The van der Waals surface area contributed by atoms with Crippen LogP contribution in [0.3, 0.4) is 0 Å². The lowest BCUT2D eigenvalue weighted by atomic mass is 10.0. The average molecular weight is 385 g/mol. The fraction of sp³-hybridized carbons (Fsp3) is 0.500. The number of fused-ring (bicyclic) bond motifs is 1. The summed E-state index contributed by atoms with van der Waals surface area (Å²) in [5, 5.41) is 9.10. The van der Waals surface area contributed by atoms with E-state index >= 15 is 0 Å². The summed E-state index contributed by atoms with van der Waals surface area (Å²) in [6, 6.07) is 9.40. The van der Waals surface area contributed by atoms with Gasteiger partial charge in [0, 0.05) is 26.2 Å². The van der Waals surface area contributed by atoms with Gasteiger partial charge in [-0.3, -0.25) is 4.90 Å². The van der Waals surface area contributed by atoms with Crippen molar-refractivity contribution in [1.82, 2.24) is 4.90 Å². The molecular weight excluding hydrogens is 359 g/mol. The molecule has 149 valence electrons. The normalized spacial score (nSPS) is 27.2. The largest absolute Gasteiger partial charge is 0.462 e. The van der Waals surface area contributed by atoms with E-state index in [1.54, 1.807) is 6.07 Å². The number of piperidine rings is 1. The molecule has 3 fully saturated rings. The Morgan fingerprint density at radius 1 is 1.07 bits per heavy atom. The van der Waals surface area contributed by atoms with Gasteiger partial charge < -0.3 is 19.2 Å². The number of hydrogen-bond donors (Lipinski definition) is 1. The second kappa shape index (κ2) is 7.50. The summed E-state index contributed by atoms with van der Waals surface area (Å²) in [7, 11) is 0. The number of aliphatic hydroxyl groups is 1. The van der Waals surface area contributed by atoms with Crippen LogP contribution in [0.25, 0.3) is 0 Å². The van der Waals surface area contributed by atoms with Crippen molar-refractivity contribution in [3.63, 3.8) is 0 Å². The first-order valence-electron chi connectivity index (χ1n) is 10.1. The zero-order valence-electron chi connectivity index (χ0n) is 15.9. The third-order valence-corrected chi connectivity index (χ3v) is 6.30. The number of benzene rings is 1. The highest BCUT2D eigenvalue weighted by molar-refractivity contribution is 5.51. The molecule has 2 unspecified atom stereocenters. The topological polar surface area (TPSA) is 49.1 Å². The molecule has 0 amide bonds. The molecule has 5 rings (SSSR count). The van der Waals surface area contributed by atoms with Gasteiger partial charge in [-0.1, -0.05) is 6.07 Å². The van der Waals surface area contributed by atoms with Crippen molar-refractivity contribution < 1.29 is 18.7 Å². The Balaban J connectivity index is 1.14. The smallest absolute Gasteiger partial charge is 0.146 e. The van der Waals surface area contributed by atoms with Crippen LogP contribution in [0.1, 0.15) is 17.1 Å². The van der Waals surface area contributed by atoms with Crippen LogP contribution in [0.4, 0.5) is 10.1 Å². The lowest BCUT2D eigenvalue weighted by Gasteiger charge is -2.29. The predicted molar refractivity (Wildman–Crippen MR) is 103 cm³/mol. The quantitative estimate of drug-likeness (QED) is 0.829. The Bertz CT molecular complexity index is 821. The molecular formula is C22H26FN2O3. The number of anilines is 1. The fourth-order valence-corrected chi connectivity index (χ4v) is 4.76. The summed E-state index contributed by atoms with van der Waals surface area (Å²) in [4.78, 5) is 4.46. The molecule has 3 aliphatic rings. The van der Waals surface area contributed by atoms with E-state index in [-0.39, 0.29) is 12.4 Å². The molecule has 28 heavy (non-hydrogen) atoms. The van der Waals surface area contributed by atoms with Crippen LogP contribution < -0.4 is 4.90 Å². The van der Waals surface area contributed by atoms with Gasteiger partial charge in [0.05, 0.1) is 25.4 Å². The molecule has 1 radical (unpaired) electrons. The number of likely N-dealkylation sites (tertiary alicyclic amines) is 1. The summed E-state index contributed by atoms with van der Waals surface area (Å²) >= 11 is 0. The van der Waals surface area contributed by atoms with Gasteiger partial charge >= 0.3 is 0 Å². The number of morpholine rings is 1. The lowest BCUT2D eigenvalue weighted by molar-refractivity contribution is 0.122. The van der Waals surface area contributed by atoms with Gasteiger partial charge in [-0.25, -0.2) is 4.39 Å². The molecule has 2 aromatic rings. The van der Waals surface area contributed by atoms with E-state index in [0.29, 0.717) is 42.4 Å². The van der Waals surface area contributed by atoms with Gasteiger partial charge in [-0.05, 0) is 54.0 Å². The fourth-order valence-electron chi connectivity index (χ4n) is 4.76. The minimum atomic E-state index is -0.138. The molecule has 1 aromatic heterocycles. The van der Waals surface area contributed by atoms with Crippen LogP contribution in [-0.2, 0) is 17.9 Å². The molecule has 3 heterocycles. The Hall–Kier alpha value is -1.89. The van der Waals surface area contributed by atoms with Gasteiger partial charge in [0.2, 0.25) is 0 Å². The van der Waals surface area contributed by atoms with Crippen LogP contribution in [-0.4, -0.2) is 49.4 Å². The van der Waals surface area contributed by atoms with Crippen molar-refractivity contribution in [1.29, 1.82) is 0 Å². The van der Waals surface area contributed by atoms with Gasteiger partial charge in [-0.15, -0.1) is 0 Å². The van der Waals surface area contributed by atoms with Gasteiger partial charge in [0.1, 0.15) is 23.9 Å². The van der Waals surface area contributed by atoms with E-state index in [2.05, 4.69) is 16.2 Å². The molecule has 1 aliphatic carbocycles. The van der Waals surface area contributed by atoms with Crippen molar-refractivity contribution in [2.75, 3.05) is 44.3 Å². The number of furan rings is 1. The molecule has 0 spiro atoms. The van der Waals surface area contributed by atoms with Crippen molar-refractivity contribution >= 4 is 5.69 Å². The maximum absolute atomic E-state index is 14.6. The predicted octanol–water partition coefficient (Wildman–Crippen LogP) is 2.68. The summed E-state index contributed by atoms with van der Waals surface area (Å²) in [5.74, 6) is 3.26. The zero-order valence-corrected chi connectivity index (χ0v) is 15.9. The Labute approximate surface area is 164 Å². The van der Waals surface area contributed by atoms with Crippen molar-refractivity contribution in [2.24, 2.45) is 17.8 Å². The molecule has 5 nitrogen and oxygen atoms in total. The van der Waals surface area contributed by atoms with E-state index < -0.39 is 0 Å². The Morgan fingerprint density at radius 2 is 1.82 bits per heavy atom. The number of nitrogens with zero attached hydrogens (tertiary/aromatic N) is 2. The molecule has 2 aliphatic heterocycles. The minimum Gasteiger partial charge on any atom is -0.462 e. The van der Waals surface area contributed by atoms with Crippen molar-refractivity contribution in [3.05, 3.63) is 59.7 Å². The zero-order chi connectivity index (χ0) is 19.1. The first-order valence-corrected chi connectivity index (χ1v) is 10.1. The molecule has 0 bridgehead atoms. The molecule has 6 heteroatoms. The number of ether oxygens (including phenoxy) is 1. The molecule has 1 aromatic carbocycles. The van der Waals surface area contributed by atoms with Gasteiger partial charge in [0.15, 0.2) is 0 Å². The Kier molecular flexibility index (Phi) is 4.87. The maximum atomic E-state index is 14.6. The van der Waals surface area contributed by atoms with Gasteiger partial charge in [-0.2, -0.15) is 0 Å². The highest BCUT2D eigenvalue weighted by atomic mass is 19.1. The highest BCUT2D eigenvalue weighted by Crippen LogP contribution is 2.54. The third kappa shape index (κ3) is 3.56. The summed E-state index contributed by atoms with van der Waals surface area (Å²) in [6.45, 7) is 5.66. The Morgan fingerprint density at radius 3 is 2.50 bits per heavy atom. The molecule has 1 N–H and O–H groups in total. The summed E-state index contributed by atoms with van der Waals surface area (Å²) < 4.78 is 25.5. The maximum Gasteiger partial charge on any atom is 0.146 e. The monoisotopic (exact) mass is 385 g/mol. The SMILES string of the molecule is OCc1ccc(CN2CC3C([CH]c4ccc(N5CCOCC5)c(F)c4)C3C2)o1. The van der Waals surface area contributed by atoms with Crippen LogP contribution >= 0.6 is 0 Å². The van der Waals surface area contributed by atoms with E-state index in [9.17, 15) is 4.39 Å². The van der Waals surface area contributed by atoms with Crippen molar-refractivity contribution in [2.45, 2.75) is 13.2 Å². The van der Waals surface area contributed by atoms with Crippen LogP contribution in [0.2, 0.25) is 0 Å². The molecule has 2 saturated heterocycles. The second-order valence-electron chi connectivity index (χ2n) is 8.10. The first-order chi connectivity index (χ1) is 13.7. The van der Waals surface area contributed by atoms with E-state index in [1.807, 2.05) is 24.3 Å². The first kappa shape index (κ1) is 18.2.